The van der Waals surface area contributed by atoms with Gasteiger partial charge >= 0.3 is 6.01 Å². The predicted octanol–water partition coefficient (Wildman–Crippen LogP) is 5.85. The van der Waals surface area contributed by atoms with Gasteiger partial charge in [0.2, 0.25) is 0 Å². The van der Waals surface area contributed by atoms with Crippen LogP contribution in [0.3, 0.4) is 0 Å². The summed E-state index contributed by atoms with van der Waals surface area (Å²) in [5.41, 5.74) is 5.54. The van der Waals surface area contributed by atoms with Gasteiger partial charge in [-0.15, -0.1) is 5.10 Å². The first-order valence-corrected chi connectivity index (χ1v) is 11.2. The van der Waals surface area contributed by atoms with E-state index in [1.807, 2.05) is 79.7 Å². The molecule has 0 unspecified atom stereocenters. The molecule has 0 radical (unpaired) electrons. The molecule has 4 rings (SSSR count). The number of methoxy groups -OCH3 is 1. The van der Waals surface area contributed by atoms with E-state index in [9.17, 15) is 4.79 Å². The van der Waals surface area contributed by atoms with E-state index >= 15 is 0 Å². The van der Waals surface area contributed by atoms with Crippen molar-refractivity contribution in [2.24, 2.45) is 0 Å². The zero-order valence-corrected chi connectivity index (χ0v) is 19.2. The number of benzene rings is 3. The molecule has 1 aromatic heterocycles. The second-order valence-electron chi connectivity index (χ2n) is 8.00. The van der Waals surface area contributed by atoms with Gasteiger partial charge in [0.25, 0.3) is 5.91 Å². The van der Waals surface area contributed by atoms with Crippen molar-refractivity contribution in [1.29, 1.82) is 0 Å². The van der Waals surface area contributed by atoms with Gasteiger partial charge in [-0.2, -0.15) is 4.98 Å². The monoisotopic (exact) mass is 440 g/mol. The highest BCUT2D eigenvalue weighted by molar-refractivity contribution is 6.04. The molecule has 0 saturated carbocycles. The van der Waals surface area contributed by atoms with Crippen LogP contribution in [0.15, 0.2) is 72.8 Å². The van der Waals surface area contributed by atoms with E-state index in [1.54, 1.807) is 11.8 Å². The number of nitrogens with one attached hydrogen (secondary N) is 1. The third-order valence-electron chi connectivity index (χ3n) is 5.48. The Morgan fingerprint density at radius 1 is 0.970 bits per heavy atom. The number of rotatable bonds is 8. The Kier molecular flexibility index (Phi) is 6.83. The zero-order chi connectivity index (χ0) is 23.2. The Morgan fingerprint density at radius 3 is 2.30 bits per heavy atom. The van der Waals surface area contributed by atoms with Gasteiger partial charge in [0.15, 0.2) is 5.82 Å². The van der Waals surface area contributed by atoms with E-state index in [0.29, 0.717) is 23.1 Å². The number of aromatic nitrogens is 3. The van der Waals surface area contributed by atoms with Crippen molar-refractivity contribution in [2.45, 2.75) is 33.1 Å². The Morgan fingerprint density at radius 2 is 1.67 bits per heavy atom. The standard InChI is InChI=1S/C27H28N4O2/c1-4-5-6-20-9-13-22(14-10-20)26(32)28-23-15-17-24(18-16-23)31-25(29-27(30-31)33-3)21-11-7-19(2)8-12-21/h7-18H,4-6H2,1-3H3,(H,28,32). The van der Waals surface area contributed by atoms with Crippen LogP contribution in [0.25, 0.3) is 17.1 Å². The lowest BCUT2D eigenvalue weighted by Crippen LogP contribution is -2.12. The molecular formula is C27H28N4O2. The predicted molar refractivity (Wildman–Crippen MR) is 131 cm³/mol. The van der Waals surface area contributed by atoms with Gasteiger partial charge < -0.3 is 10.1 Å². The van der Waals surface area contributed by atoms with Crippen LogP contribution in [-0.4, -0.2) is 27.8 Å². The van der Waals surface area contributed by atoms with Crippen LogP contribution in [0.4, 0.5) is 5.69 Å². The molecule has 0 fully saturated rings. The minimum Gasteiger partial charge on any atom is -0.466 e. The lowest BCUT2D eigenvalue weighted by atomic mass is 10.1. The molecule has 0 bridgehead atoms. The number of carbonyl (C=O) groups excluding carboxylic acids is 1. The quantitative estimate of drug-likeness (QED) is 0.373. The lowest BCUT2D eigenvalue weighted by molar-refractivity contribution is 0.102. The van der Waals surface area contributed by atoms with Gasteiger partial charge in [-0.25, -0.2) is 4.68 Å². The van der Waals surface area contributed by atoms with E-state index < -0.39 is 0 Å². The number of hydrogen-bond donors (Lipinski definition) is 1. The summed E-state index contributed by atoms with van der Waals surface area (Å²) in [7, 11) is 1.55. The van der Waals surface area contributed by atoms with Crippen LogP contribution in [-0.2, 0) is 6.42 Å². The van der Waals surface area contributed by atoms with Gasteiger partial charge in [-0.05, 0) is 61.7 Å². The van der Waals surface area contributed by atoms with Crippen LogP contribution in [0.1, 0.15) is 41.3 Å². The van der Waals surface area contributed by atoms with Crippen molar-refractivity contribution >= 4 is 11.6 Å². The van der Waals surface area contributed by atoms with Crippen molar-refractivity contribution in [2.75, 3.05) is 12.4 Å². The van der Waals surface area contributed by atoms with Crippen molar-refractivity contribution in [1.82, 2.24) is 14.8 Å². The summed E-state index contributed by atoms with van der Waals surface area (Å²) in [5.74, 6) is 0.555. The van der Waals surface area contributed by atoms with E-state index in [1.165, 1.54) is 11.1 Å². The van der Waals surface area contributed by atoms with E-state index in [0.717, 1.165) is 30.5 Å². The van der Waals surface area contributed by atoms with Crippen molar-refractivity contribution in [3.8, 4) is 23.1 Å². The summed E-state index contributed by atoms with van der Waals surface area (Å²) in [5, 5.41) is 7.42. The highest BCUT2D eigenvalue weighted by Gasteiger charge is 2.14. The average Bonchev–Trinajstić information content (AvgIpc) is 3.28. The van der Waals surface area contributed by atoms with Gasteiger partial charge in [0.1, 0.15) is 0 Å². The molecular weight excluding hydrogens is 412 g/mol. The molecule has 0 aliphatic heterocycles. The smallest absolute Gasteiger partial charge is 0.336 e. The molecule has 0 atom stereocenters. The SMILES string of the molecule is CCCCc1ccc(C(=O)Nc2ccc(-n3nc(OC)nc3-c3ccc(C)cc3)cc2)cc1. The van der Waals surface area contributed by atoms with Gasteiger partial charge in [0, 0.05) is 16.8 Å². The normalized spacial score (nSPS) is 10.8. The fraction of sp³-hybridized carbons (Fsp3) is 0.222. The number of nitrogens with zero attached hydrogens (tertiary/aromatic N) is 3. The highest BCUT2D eigenvalue weighted by atomic mass is 16.5. The molecule has 3 aromatic carbocycles. The van der Waals surface area contributed by atoms with Crippen molar-refractivity contribution < 1.29 is 9.53 Å². The van der Waals surface area contributed by atoms with Crippen LogP contribution >= 0.6 is 0 Å². The van der Waals surface area contributed by atoms with Crippen molar-refractivity contribution in [3.63, 3.8) is 0 Å². The zero-order valence-electron chi connectivity index (χ0n) is 19.2. The Bertz CT molecular complexity index is 1210. The summed E-state index contributed by atoms with van der Waals surface area (Å²) in [6.07, 6.45) is 3.35. The van der Waals surface area contributed by atoms with Gasteiger partial charge in [-0.1, -0.05) is 55.3 Å². The summed E-state index contributed by atoms with van der Waals surface area (Å²) in [4.78, 5) is 17.1. The van der Waals surface area contributed by atoms with E-state index in [2.05, 4.69) is 22.3 Å². The van der Waals surface area contributed by atoms with Gasteiger partial charge in [-0.3, -0.25) is 4.79 Å². The number of hydrogen-bond acceptors (Lipinski definition) is 4. The number of ether oxygens (including phenoxy) is 1. The highest BCUT2D eigenvalue weighted by Crippen LogP contribution is 2.25. The third-order valence-corrected chi connectivity index (χ3v) is 5.48. The van der Waals surface area contributed by atoms with Crippen LogP contribution in [0.5, 0.6) is 6.01 Å². The van der Waals surface area contributed by atoms with Crippen molar-refractivity contribution in [3.05, 3.63) is 89.5 Å². The molecule has 4 aromatic rings. The first-order valence-electron chi connectivity index (χ1n) is 11.2. The minimum absolute atomic E-state index is 0.132. The fourth-order valence-electron chi connectivity index (χ4n) is 3.54. The molecule has 33 heavy (non-hydrogen) atoms. The Balaban J connectivity index is 1.51. The number of unbranched alkanes of at least 4 members (excludes halogenated alkanes) is 1. The maximum Gasteiger partial charge on any atom is 0.336 e. The van der Waals surface area contributed by atoms with Crippen LogP contribution in [0.2, 0.25) is 0 Å². The number of anilines is 1. The molecule has 6 nitrogen and oxygen atoms in total. The second-order valence-corrected chi connectivity index (χ2v) is 8.00. The first kappa shape index (κ1) is 22.3. The van der Waals surface area contributed by atoms with E-state index in [-0.39, 0.29) is 5.91 Å². The average molecular weight is 441 g/mol. The maximum atomic E-state index is 12.6. The number of aryl methyl sites for hydroxylation is 2. The summed E-state index contributed by atoms with van der Waals surface area (Å²) >= 11 is 0. The lowest BCUT2D eigenvalue weighted by Gasteiger charge is -2.09. The molecule has 0 aliphatic carbocycles. The number of amides is 1. The molecule has 1 N–H and O–H groups in total. The van der Waals surface area contributed by atoms with E-state index in [4.69, 9.17) is 4.74 Å². The summed E-state index contributed by atoms with van der Waals surface area (Å²) in [6, 6.07) is 23.7. The summed E-state index contributed by atoms with van der Waals surface area (Å²) in [6.45, 7) is 4.22. The number of carbonyl (C=O) groups is 1. The summed E-state index contributed by atoms with van der Waals surface area (Å²) < 4.78 is 7.00. The maximum absolute atomic E-state index is 12.6. The molecule has 168 valence electrons. The molecule has 1 amide bonds. The third kappa shape index (κ3) is 5.29. The topological polar surface area (TPSA) is 69.0 Å². The Labute approximate surface area is 194 Å². The molecule has 6 heteroatoms. The first-order chi connectivity index (χ1) is 16.1. The molecule has 0 aliphatic rings. The second kappa shape index (κ2) is 10.1. The minimum atomic E-state index is -0.132. The molecule has 0 saturated heterocycles. The fourth-order valence-corrected chi connectivity index (χ4v) is 3.54. The molecule has 1 heterocycles. The Hall–Kier alpha value is -3.93. The van der Waals surface area contributed by atoms with Crippen LogP contribution < -0.4 is 10.1 Å². The molecule has 0 spiro atoms. The van der Waals surface area contributed by atoms with Gasteiger partial charge in [0.05, 0.1) is 12.8 Å². The van der Waals surface area contributed by atoms with Crippen LogP contribution in [0, 0.1) is 6.92 Å². The largest absolute Gasteiger partial charge is 0.466 e.